The Bertz CT molecular complexity index is 1040. The highest BCUT2D eigenvalue weighted by Crippen LogP contribution is 2.19. The highest BCUT2D eigenvalue weighted by Gasteiger charge is 2.17. The molecule has 0 saturated carbocycles. The number of anilines is 3. The second-order valence-corrected chi connectivity index (χ2v) is 8.18. The van der Waals surface area contributed by atoms with E-state index < -0.39 is 0 Å². The maximum absolute atomic E-state index is 13.0. The highest BCUT2D eigenvalue weighted by atomic mass is 19.1. The molecule has 1 aromatic heterocycles. The number of carbonyl (C=O) groups excluding carboxylic acids is 1. The zero-order valence-corrected chi connectivity index (χ0v) is 18.4. The van der Waals surface area contributed by atoms with Crippen molar-refractivity contribution in [1.82, 2.24) is 15.2 Å². The third kappa shape index (κ3) is 5.49. The summed E-state index contributed by atoms with van der Waals surface area (Å²) in [6, 6.07) is 18.1. The number of hydrogen-bond acceptors (Lipinski definition) is 5. The van der Waals surface area contributed by atoms with E-state index in [1.165, 1.54) is 17.7 Å². The van der Waals surface area contributed by atoms with Crippen molar-refractivity contribution in [2.45, 2.75) is 19.5 Å². The molecule has 6 nitrogen and oxygen atoms in total. The van der Waals surface area contributed by atoms with Crippen molar-refractivity contribution in [3.63, 3.8) is 0 Å². The molecule has 1 amide bonds. The van der Waals surface area contributed by atoms with Crippen molar-refractivity contribution in [2.75, 3.05) is 36.9 Å². The van der Waals surface area contributed by atoms with Gasteiger partial charge in [0.25, 0.3) is 5.91 Å². The minimum atomic E-state index is -0.293. The number of aromatic nitrogens is 1. The van der Waals surface area contributed by atoms with E-state index in [1.807, 2.05) is 12.1 Å². The minimum absolute atomic E-state index is 0.130. The summed E-state index contributed by atoms with van der Waals surface area (Å²) in [5, 5.41) is 6.55. The van der Waals surface area contributed by atoms with Crippen molar-refractivity contribution < 1.29 is 9.18 Å². The summed E-state index contributed by atoms with van der Waals surface area (Å²) < 4.78 is 13.0. The highest BCUT2D eigenvalue weighted by molar-refractivity contribution is 6.05. The molecule has 2 heterocycles. The van der Waals surface area contributed by atoms with Crippen LogP contribution in [0.3, 0.4) is 0 Å². The van der Waals surface area contributed by atoms with Crippen LogP contribution in [0.15, 0.2) is 66.9 Å². The van der Waals surface area contributed by atoms with Crippen LogP contribution in [0.5, 0.6) is 0 Å². The van der Waals surface area contributed by atoms with Crippen LogP contribution < -0.4 is 15.5 Å². The Morgan fingerprint density at radius 3 is 2.56 bits per heavy atom. The number of nitrogens with one attached hydrogen (secondary N) is 2. The van der Waals surface area contributed by atoms with Crippen LogP contribution in [0.2, 0.25) is 0 Å². The number of piperazine rings is 1. The number of benzene rings is 2. The fourth-order valence-corrected chi connectivity index (χ4v) is 3.83. The van der Waals surface area contributed by atoms with E-state index in [4.69, 9.17) is 0 Å². The van der Waals surface area contributed by atoms with Gasteiger partial charge in [-0.25, -0.2) is 9.37 Å². The van der Waals surface area contributed by atoms with Crippen molar-refractivity contribution in [2.24, 2.45) is 0 Å². The third-order valence-corrected chi connectivity index (χ3v) is 5.61. The molecule has 2 N–H and O–H groups in total. The van der Waals surface area contributed by atoms with E-state index in [1.54, 1.807) is 42.4 Å². The Balaban J connectivity index is 1.36. The molecule has 1 fully saturated rings. The lowest BCUT2D eigenvalue weighted by Gasteiger charge is -2.31. The maximum Gasteiger partial charge on any atom is 0.259 e. The van der Waals surface area contributed by atoms with Crippen molar-refractivity contribution in [3.8, 4) is 0 Å². The van der Waals surface area contributed by atoms with E-state index in [0.29, 0.717) is 17.4 Å². The van der Waals surface area contributed by atoms with Gasteiger partial charge in [0.1, 0.15) is 11.6 Å². The molecule has 0 spiro atoms. The summed E-state index contributed by atoms with van der Waals surface area (Å²) in [5.41, 5.74) is 3.30. The lowest BCUT2D eigenvalue weighted by atomic mass is 10.1. The predicted octanol–water partition coefficient (Wildman–Crippen LogP) is 4.03. The largest absolute Gasteiger partial charge is 0.340 e. The molecule has 0 unspecified atom stereocenters. The Kier molecular flexibility index (Phi) is 6.78. The van der Waals surface area contributed by atoms with Gasteiger partial charge in [0.2, 0.25) is 0 Å². The number of hydrogen-bond donors (Lipinski definition) is 2. The normalized spacial score (nSPS) is 16.5. The van der Waals surface area contributed by atoms with Crippen molar-refractivity contribution in [3.05, 3.63) is 83.8 Å². The molecule has 1 atom stereocenters. The number of pyridine rings is 1. The molecule has 0 aliphatic carbocycles. The first-order chi connectivity index (χ1) is 15.5. The maximum atomic E-state index is 13.0. The summed E-state index contributed by atoms with van der Waals surface area (Å²) in [4.78, 5) is 21.3. The fourth-order valence-electron chi connectivity index (χ4n) is 3.83. The fraction of sp³-hybridized carbons (Fsp3) is 0.280. The predicted molar refractivity (Wildman–Crippen MR) is 126 cm³/mol. The first-order valence-corrected chi connectivity index (χ1v) is 10.8. The van der Waals surface area contributed by atoms with Crippen LogP contribution in [0, 0.1) is 5.82 Å². The van der Waals surface area contributed by atoms with E-state index in [2.05, 4.69) is 39.6 Å². The second kappa shape index (κ2) is 9.89. The van der Waals surface area contributed by atoms with Crippen LogP contribution >= 0.6 is 0 Å². The van der Waals surface area contributed by atoms with Crippen LogP contribution in [-0.4, -0.2) is 48.5 Å². The summed E-state index contributed by atoms with van der Waals surface area (Å²) in [5.74, 6) is 0.163. The van der Waals surface area contributed by atoms with Crippen molar-refractivity contribution in [1.29, 1.82) is 0 Å². The van der Waals surface area contributed by atoms with E-state index in [0.717, 1.165) is 37.6 Å². The number of amides is 1. The molecule has 0 bridgehead atoms. The number of halogens is 1. The Labute approximate surface area is 188 Å². The number of carbonyl (C=O) groups is 1. The van der Waals surface area contributed by atoms with Gasteiger partial charge in [-0.15, -0.1) is 0 Å². The summed E-state index contributed by atoms with van der Waals surface area (Å²) in [6.07, 6.45) is 1.55. The number of nitrogens with zero attached hydrogens (tertiary/aromatic N) is 3. The third-order valence-electron chi connectivity index (χ3n) is 5.61. The Morgan fingerprint density at radius 1 is 1.16 bits per heavy atom. The standard InChI is InChI=1S/C25H28FN5O/c1-18-16-31(14-13-27-18)17-19-3-10-23(11-4-19)30(2)25(32)20-5-12-24(28-15-20)29-22-8-6-21(26)7-9-22/h3-12,15,18,27H,13-14,16-17H2,1-2H3,(H,28,29)/t18-/m0/s1. The molecule has 166 valence electrons. The molecule has 1 saturated heterocycles. The van der Waals surface area contributed by atoms with Crippen LogP contribution in [0.25, 0.3) is 0 Å². The monoisotopic (exact) mass is 433 g/mol. The summed E-state index contributed by atoms with van der Waals surface area (Å²) in [6.45, 7) is 6.22. The lowest BCUT2D eigenvalue weighted by Crippen LogP contribution is -2.48. The van der Waals surface area contributed by atoms with Gasteiger partial charge in [0.15, 0.2) is 0 Å². The van der Waals surface area contributed by atoms with Gasteiger partial charge < -0.3 is 15.5 Å². The van der Waals surface area contributed by atoms with E-state index in [-0.39, 0.29) is 11.7 Å². The van der Waals surface area contributed by atoms with Gasteiger partial charge in [0.05, 0.1) is 5.56 Å². The van der Waals surface area contributed by atoms with E-state index >= 15 is 0 Å². The molecular weight excluding hydrogens is 405 g/mol. The molecule has 4 rings (SSSR count). The van der Waals surface area contributed by atoms with Crippen LogP contribution in [0.1, 0.15) is 22.8 Å². The van der Waals surface area contributed by atoms with Crippen molar-refractivity contribution >= 4 is 23.1 Å². The minimum Gasteiger partial charge on any atom is -0.340 e. The Hall–Kier alpha value is -3.29. The van der Waals surface area contributed by atoms with Gasteiger partial charge in [-0.3, -0.25) is 9.69 Å². The lowest BCUT2D eigenvalue weighted by molar-refractivity contribution is 0.0992. The van der Waals surface area contributed by atoms with Gasteiger partial charge in [-0.2, -0.15) is 0 Å². The summed E-state index contributed by atoms with van der Waals surface area (Å²) in [7, 11) is 1.76. The van der Waals surface area contributed by atoms with E-state index in [9.17, 15) is 9.18 Å². The SMILES string of the molecule is C[C@H]1CN(Cc2ccc(N(C)C(=O)c3ccc(Nc4ccc(F)cc4)nc3)cc2)CCN1. The van der Waals surface area contributed by atoms with Gasteiger partial charge in [-0.05, 0) is 61.0 Å². The molecule has 3 aromatic rings. The molecule has 1 aliphatic rings. The topological polar surface area (TPSA) is 60.5 Å². The second-order valence-electron chi connectivity index (χ2n) is 8.18. The number of rotatable bonds is 6. The average molecular weight is 434 g/mol. The van der Waals surface area contributed by atoms with Crippen LogP contribution in [0.4, 0.5) is 21.6 Å². The zero-order chi connectivity index (χ0) is 22.5. The first kappa shape index (κ1) is 21.9. The van der Waals surface area contributed by atoms with Gasteiger partial charge in [0, 0.05) is 56.8 Å². The molecule has 1 aliphatic heterocycles. The van der Waals surface area contributed by atoms with Gasteiger partial charge >= 0.3 is 0 Å². The summed E-state index contributed by atoms with van der Waals surface area (Å²) >= 11 is 0. The smallest absolute Gasteiger partial charge is 0.259 e. The molecule has 2 aromatic carbocycles. The zero-order valence-electron chi connectivity index (χ0n) is 18.4. The van der Waals surface area contributed by atoms with Crippen LogP contribution in [-0.2, 0) is 6.54 Å². The van der Waals surface area contributed by atoms with Gasteiger partial charge in [-0.1, -0.05) is 12.1 Å². The molecule has 32 heavy (non-hydrogen) atoms. The molecule has 0 radical (unpaired) electrons. The quantitative estimate of drug-likeness (QED) is 0.615. The Morgan fingerprint density at radius 2 is 1.91 bits per heavy atom. The molecule has 7 heteroatoms. The molecular formula is C25H28FN5O. The first-order valence-electron chi connectivity index (χ1n) is 10.8. The average Bonchev–Trinajstić information content (AvgIpc) is 2.81.